The molecular formula is C16H20N6. The molecule has 4 rings (SSSR count). The maximum atomic E-state index is 4.55. The second-order valence-electron chi connectivity index (χ2n) is 5.98. The van der Waals surface area contributed by atoms with Gasteiger partial charge in [-0.05, 0) is 37.3 Å². The van der Waals surface area contributed by atoms with E-state index in [-0.39, 0.29) is 0 Å². The predicted octanol–water partition coefficient (Wildman–Crippen LogP) is 2.59. The monoisotopic (exact) mass is 296 g/mol. The number of H-pyrrole nitrogens is 2. The highest BCUT2D eigenvalue weighted by Crippen LogP contribution is 2.25. The molecule has 3 aromatic heterocycles. The highest BCUT2D eigenvalue weighted by Gasteiger charge is 2.18. The van der Waals surface area contributed by atoms with Crippen molar-refractivity contribution < 1.29 is 0 Å². The van der Waals surface area contributed by atoms with Crippen molar-refractivity contribution in [2.24, 2.45) is 0 Å². The molecule has 2 N–H and O–H groups in total. The van der Waals surface area contributed by atoms with Gasteiger partial charge in [-0.15, -0.1) is 0 Å². The van der Waals surface area contributed by atoms with Gasteiger partial charge in [0.05, 0.1) is 17.8 Å². The molecule has 3 aromatic rings. The molecule has 0 fully saturated rings. The van der Waals surface area contributed by atoms with Crippen molar-refractivity contribution in [1.29, 1.82) is 0 Å². The molecular weight excluding hydrogens is 276 g/mol. The average molecular weight is 296 g/mol. The van der Waals surface area contributed by atoms with Crippen LogP contribution in [0, 0.1) is 0 Å². The van der Waals surface area contributed by atoms with Gasteiger partial charge >= 0.3 is 0 Å². The third kappa shape index (κ3) is 2.24. The largest absolute Gasteiger partial charge is 0.357 e. The third-order valence-electron chi connectivity index (χ3n) is 4.47. The van der Waals surface area contributed by atoms with Crippen molar-refractivity contribution in [3.63, 3.8) is 0 Å². The van der Waals surface area contributed by atoms with Crippen LogP contribution in [-0.4, -0.2) is 32.2 Å². The molecule has 1 aliphatic carbocycles. The number of nitrogens with zero attached hydrogens (tertiary/aromatic N) is 4. The molecule has 0 atom stereocenters. The van der Waals surface area contributed by atoms with E-state index in [0.717, 1.165) is 41.9 Å². The zero-order valence-electron chi connectivity index (χ0n) is 12.8. The molecule has 0 unspecified atom stereocenters. The SMILES string of the molecule is CN(Cc1n[nH]c2c1CCCCC2)c1ncnc2cc[nH]c12. The normalized spacial score (nSPS) is 14.8. The number of nitrogens with one attached hydrogen (secondary N) is 2. The first-order valence-electron chi connectivity index (χ1n) is 7.87. The Hall–Kier alpha value is -2.37. The average Bonchev–Trinajstić information content (AvgIpc) is 3.08. The number of fused-ring (bicyclic) bond motifs is 2. The number of rotatable bonds is 3. The van der Waals surface area contributed by atoms with Crippen LogP contribution < -0.4 is 4.90 Å². The van der Waals surface area contributed by atoms with Crippen LogP contribution in [0.4, 0.5) is 5.82 Å². The Labute approximate surface area is 129 Å². The van der Waals surface area contributed by atoms with Gasteiger partial charge in [0, 0.05) is 18.9 Å². The molecule has 0 saturated heterocycles. The summed E-state index contributed by atoms with van der Waals surface area (Å²) in [4.78, 5) is 14.1. The van der Waals surface area contributed by atoms with Crippen LogP contribution in [0.2, 0.25) is 0 Å². The Bertz CT molecular complexity index is 787. The minimum absolute atomic E-state index is 0.761. The van der Waals surface area contributed by atoms with Gasteiger partial charge in [0.2, 0.25) is 0 Å². The number of hydrogen-bond acceptors (Lipinski definition) is 4. The summed E-state index contributed by atoms with van der Waals surface area (Å²) >= 11 is 0. The first-order valence-corrected chi connectivity index (χ1v) is 7.87. The van der Waals surface area contributed by atoms with Crippen LogP contribution in [0.3, 0.4) is 0 Å². The lowest BCUT2D eigenvalue weighted by Gasteiger charge is -2.18. The fourth-order valence-corrected chi connectivity index (χ4v) is 3.30. The third-order valence-corrected chi connectivity index (χ3v) is 4.47. The van der Waals surface area contributed by atoms with E-state index >= 15 is 0 Å². The fourth-order valence-electron chi connectivity index (χ4n) is 3.30. The van der Waals surface area contributed by atoms with E-state index < -0.39 is 0 Å². The van der Waals surface area contributed by atoms with Gasteiger partial charge in [-0.1, -0.05) is 6.42 Å². The van der Waals surface area contributed by atoms with Gasteiger partial charge < -0.3 is 9.88 Å². The van der Waals surface area contributed by atoms with Crippen molar-refractivity contribution in [2.45, 2.75) is 38.6 Å². The van der Waals surface area contributed by atoms with Gasteiger partial charge in [0.1, 0.15) is 11.8 Å². The number of aromatic nitrogens is 5. The minimum Gasteiger partial charge on any atom is -0.357 e. The van der Waals surface area contributed by atoms with E-state index in [2.05, 4.69) is 37.1 Å². The van der Waals surface area contributed by atoms with Crippen molar-refractivity contribution in [3.05, 3.63) is 35.5 Å². The van der Waals surface area contributed by atoms with Crippen LogP contribution in [0.1, 0.15) is 36.2 Å². The van der Waals surface area contributed by atoms with Crippen LogP contribution in [0.5, 0.6) is 0 Å². The molecule has 0 amide bonds. The molecule has 22 heavy (non-hydrogen) atoms. The van der Waals surface area contributed by atoms with E-state index in [4.69, 9.17) is 0 Å². The lowest BCUT2D eigenvalue weighted by Crippen LogP contribution is -2.19. The molecule has 3 heterocycles. The first-order chi connectivity index (χ1) is 10.8. The molecule has 0 spiro atoms. The summed E-state index contributed by atoms with van der Waals surface area (Å²) in [5.41, 5.74) is 5.82. The second-order valence-corrected chi connectivity index (χ2v) is 5.98. The molecule has 114 valence electrons. The zero-order chi connectivity index (χ0) is 14.9. The smallest absolute Gasteiger partial charge is 0.156 e. The maximum Gasteiger partial charge on any atom is 0.156 e. The van der Waals surface area contributed by atoms with Crippen molar-refractivity contribution >= 4 is 16.9 Å². The Morgan fingerprint density at radius 1 is 1.18 bits per heavy atom. The summed E-state index contributed by atoms with van der Waals surface area (Å²) < 4.78 is 0. The molecule has 0 radical (unpaired) electrons. The second kappa shape index (κ2) is 5.44. The van der Waals surface area contributed by atoms with Crippen LogP contribution >= 0.6 is 0 Å². The van der Waals surface area contributed by atoms with E-state index in [0.29, 0.717) is 0 Å². The molecule has 0 aliphatic heterocycles. The van der Waals surface area contributed by atoms with Gasteiger partial charge in [-0.2, -0.15) is 5.10 Å². The number of aromatic amines is 2. The maximum absolute atomic E-state index is 4.55. The van der Waals surface area contributed by atoms with E-state index in [1.807, 2.05) is 12.3 Å². The van der Waals surface area contributed by atoms with Crippen LogP contribution in [0.25, 0.3) is 11.0 Å². The lowest BCUT2D eigenvalue weighted by molar-refractivity contribution is 0.697. The zero-order valence-corrected chi connectivity index (χ0v) is 12.8. The Morgan fingerprint density at radius 2 is 2.09 bits per heavy atom. The minimum atomic E-state index is 0.761. The lowest BCUT2D eigenvalue weighted by atomic mass is 10.1. The highest BCUT2D eigenvalue weighted by atomic mass is 15.2. The summed E-state index contributed by atoms with van der Waals surface area (Å²) in [5.74, 6) is 0.917. The standard InChI is InChI=1S/C16H20N6/c1-22(16-15-13(7-8-17-15)18-10-19-16)9-14-11-5-3-2-4-6-12(11)20-21-14/h7-8,10,17H,2-6,9H2,1H3,(H,20,21). The molecule has 0 saturated carbocycles. The quantitative estimate of drug-likeness (QED) is 0.729. The summed E-state index contributed by atoms with van der Waals surface area (Å²) in [5, 5.41) is 7.79. The summed E-state index contributed by atoms with van der Waals surface area (Å²) in [6.07, 6.45) is 9.62. The summed E-state index contributed by atoms with van der Waals surface area (Å²) in [6, 6.07) is 1.97. The van der Waals surface area contributed by atoms with Gasteiger partial charge in [0.15, 0.2) is 5.82 Å². The van der Waals surface area contributed by atoms with Gasteiger partial charge in [0.25, 0.3) is 0 Å². The summed E-state index contributed by atoms with van der Waals surface area (Å²) in [7, 11) is 2.06. The Kier molecular flexibility index (Phi) is 3.29. The van der Waals surface area contributed by atoms with Gasteiger partial charge in [-0.25, -0.2) is 9.97 Å². The molecule has 0 bridgehead atoms. The predicted molar refractivity (Wildman–Crippen MR) is 85.8 cm³/mol. The van der Waals surface area contributed by atoms with Crippen molar-refractivity contribution in [3.8, 4) is 0 Å². The van der Waals surface area contributed by atoms with Crippen molar-refractivity contribution in [1.82, 2.24) is 25.1 Å². The molecule has 0 aromatic carbocycles. The Morgan fingerprint density at radius 3 is 3.05 bits per heavy atom. The Balaban J connectivity index is 1.63. The van der Waals surface area contributed by atoms with E-state index in [9.17, 15) is 0 Å². The first kappa shape index (κ1) is 13.3. The number of hydrogen-bond donors (Lipinski definition) is 2. The van der Waals surface area contributed by atoms with E-state index in [1.54, 1.807) is 6.33 Å². The van der Waals surface area contributed by atoms with Crippen LogP contribution in [0.15, 0.2) is 18.6 Å². The summed E-state index contributed by atoms with van der Waals surface area (Å²) in [6.45, 7) is 0.761. The topological polar surface area (TPSA) is 73.5 Å². The van der Waals surface area contributed by atoms with Crippen LogP contribution in [-0.2, 0) is 19.4 Å². The molecule has 6 heteroatoms. The molecule has 6 nitrogen and oxygen atoms in total. The van der Waals surface area contributed by atoms with Crippen molar-refractivity contribution in [2.75, 3.05) is 11.9 Å². The van der Waals surface area contributed by atoms with E-state index in [1.165, 1.54) is 30.5 Å². The highest BCUT2D eigenvalue weighted by molar-refractivity contribution is 5.85. The fraction of sp³-hybridized carbons (Fsp3) is 0.438. The molecule has 1 aliphatic rings. The number of anilines is 1. The number of aryl methyl sites for hydroxylation is 1. The van der Waals surface area contributed by atoms with Gasteiger partial charge in [-0.3, -0.25) is 5.10 Å².